The molecule has 15 heavy (non-hydrogen) atoms. The van der Waals surface area contributed by atoms with E-state index >= 15 is 0 Å². The summed E-state index contributed by atoms with van der Waals surface area (Å²) in [6.07, 6.45) is 4.39. The van der Waals surface area contributed by atoms with Gasteiger partial charge < -0.3 is 9.84 Å². The molecule has 0 spiro atoms. The third-order valence-corrected chi connectivity index (χ3v) is 2.96. The normalized spacial score (nSPS) is 16.4. The first-order chi connectivity index (χ1) is 6.89. The van der Waals surface area contributed by atoms with Crippen LogP contribution >= 0.6 is 0 Å². The number of hydrogen-bond acceptors (Lipinski definition) is 2. The van der Waals surface area contributed by atoms with Crippen molar-refractivity contribution in [3.8, 4) is 0 Å². The van der Waals surface area contributed by atoms with Crippen molar-refractivity contribution in [1.29, 1.82) is 0 Å². The van der Waals surface area contributed by atoms with Gasteiger partial charge in [0.25, 0.3) is 0 Å². The molecule has 0 amide bonds. The van der Waals surface area contributed by atoms with Gasteiger partial charge in [0.1, 0.15) is 0 Å². The van der Waals surface area contributed by atoms with Gasteiger partial charge >= 0.3 is 0 Å². The van der Waals surface area contributed by atoms with Gasteiger partial charge in [0, 0.05) is 5.41 Å². The number of rotatable bonds is 7. The van der Waals surface area contributed by atoms with Gasteiger partial charge in [-0.3, -0.25) is 0 Å². The minimum atomic E-state index is -0.109. The summed E-state index contributed by atoms with van der Waals surface area (Å²) in [5.41, 5.74) is -0.134. The summed E-state index contributed by atoms with van der Waals surface area (Å²) in [5, 5.41) is 9.52. The van der Waals surface area contributed by atoms with Gasteiger partial charge in [-0.25, -0.2) is 0 Å². The maximum atomic E-state index is 9.52. The monoisotopic (exact) mass is 216 g/mol. The van der Waals surface area contributed by atoms with Crippen molar-refractivity contribution in [2.24, 2.45) is 5.41 Å². The van der Waals surface area contributed by atoms with Crippen molar-refractivity contribution in [2.75, 3.05) is 13.2 Å². The van der Waals surface area contributed by atoms with Crippen molar-refractivity contribution in [3.63, 3.8) is 0 Å². The Kier molecular flexibility index (Phi) is 6.46. The Bertz CT molecular complexity index is 154. The van der Waals surface area contributed by atoms with Crippen LogP contribution in [-0.4, -0.2) is 23.9 Å². The fourth-order valence-corrected chi connectivity index (χ4v) is 1.51. The Labute approximate surface area is 95.0 Å². The zero-order chi connectivity index (χ0) is 11.9. The van der Waals surface area contributed by atoms with E-state index in [2.05, 4.69) is 34.6 Å². The van der Waals surface area contributed by atoms with Crippen LogP contribution in [0.1, 0.15) is 60.3 Å². The van der Waals surface area contributed by atoms with Crippen LogP contribution in [0, 0.1) is 5.41 Å². The van der Waals surface area contributed by atoms with Crippen LogP contribution in [0.15, 0.2) is 0 Å². The van der Waals surface area contributed by atoms with Crippen LogP contribution in [0.25, 0.3) is 0 Å². The fraction of sp³-hybridized carbons (Fsp3) is 1.00. The molecule has 0 saturated carbocycles. The Morgan fingerprint density at radius 1 is 1.13 bits per heavy atom. The number of aliphatic hydroxyl groups excluding tert-OH is 1. The summed E-state index contributed by atoms with van der Waals surface area (Å²) in [4.78, 5) is 0. The molecule has 0 bridgehead atoms. The zero-order valence-corrected chi connectivity index (χ0v) is 11.1. The van der Waals surface area contributed by atoms with Crippen LogP contribution < -0.4 is 0 Å². The highest BCUT2D eigenvalue weighted by Gasteiger charge is 2.29. The molecule has 0 heterocycles. The summed E-state index contributed by atoms with van der Waals surface area (Å²) in [6.45, 7) is 11.4. The lowest BCUT2D eigenvalue weighted by atomic mass is 9.81. The molecule has 0 saturated heterocycles. The lowest BCUT2D eigenvalue weighted by Gasteiger charge is -2.34. The predicted molar refractivity (Wildman–Crippen MR) is 65.0 cm³/mol. The molecule has 2 heteroatoms. The lowest BCUT2D eigenvalue weighted by molar-refractivity contribution is -0.0729. The van der Waals surface area contributed by atoms with E-state index in [0.29, 0.717) is 6.61 Å². The molecule has 1 atom stereocenters. The SMILES string of the molecule is CCCCC(CC)(CO)COC(C)(C)C. The van der Waals surface area contributed by atoms with Crippen molar-refractivity contribution in [1.82, 2.24) is 0 Å². The largest absolute Gasteiger partial charge is 0.396 e. The second-order valence-electron chi connectivity index (χ2n) is 5.52. The van der Waals surface area contributed by atoms with Gasteiger partial charge in [0.05, 0.1) is 18.8 Å². The first-order valence-electron chi connectivity index (χ1n) is 6.14. The standard InChI is InChI=1S/C13H28O2/c1-6-8-9-13(7-2,10-14)11-15-12(3,4)5/h14H,6-11H2,1-5H3. The number of aliphatic hydroxyl groups is 1. The van der Waals surface area contributed by atoms with Gasteiger partial charge in [0.2, 0.25) is 0 Å². The topological polar surface area (TPSA) is 29.5 Å². The molecular weight excluding hydrogens is 188 g/mol. The van der Waals surface area contributed by atoms with Crippen LogP contribution in [0.5, 0.6) is 0 Å². The van der Waals surface area contributed by atoms with E-state index in [-0.39, 0.29) is 17.6 Å². The van der Waals surface area contributed by atoms with E-state index in [9.17, 15) is 5.11 Å². The Morgan fingerprint density at radius 3 is 2.07 bits per heavy atom. The molecule has 0 aliphatic carbocycles. The highest BCUT2D eigenvalue weighted by atomic mass is 16.5. The molecular formula is C13H28O2. The number of hydrogen-bond donors (Lipinski definition) is 1. The Morgan fingerprint density at radius 2 is 1.73 bits per heavy atom. The highest BCUT2D eigenvalue weighted by Crippen LogP contribution is 2.30. The van der Waals surface area contributed by atoms with Gasteiger partial charge in [-0.05, 0) is 33.6 Å². The average Bonchev–Trinajstić information content (AvgIpc) is 2.18. The Hall–Kier alpha value is -0.0800. The molecule has 0 fully saturated rings. The van der Waals surface area contributed by atoms with Gasteiger partial charge in [-0.2, -0.15) is 0 Å². The quantitative estimate of drug-likeness (QED) is 0.707. The van der Waals surface area contributed by atoms with Crippen LogP contribution in [0.2, 0.25) is 0 Å². The third kappa shape index (κ3) is 6.16. The fourth-order valence-electron chi connectivity index (χ4n) is 1.51. The summed E-state index contributed by atoms with van der Waals surface area (Å²) < 4.78 is 5.81. The molecule has 1 N–H and O–H groups in total. The molecule has 2 nitrogen and oxygen atoms in total. The first kappa shape index (κ1) is 14.9. The van der Waals surface area contributed by atoms with Crippen molar-refractivity contribution in [2.45, 2.75) is 65.9 Å². The highest BCUT2D eigenvalue weighted by molar-refractivity contribution is 4.78. The van der Waals surface area contributed by atoms with Gasteiger partial charge in [-0.1, -0.05) is 26.7 Å². The Balaban J connectivity index is 4.23. The molecule has 0 radical (unpaired) electrons. The van der Waals surface area contributed by atoms with Crippen LogP contribution in [-0.2, 0) is 4.74 Å². The van der Waals surface area contributed by atoms with Crippen molar-refractivity contribution >= 4 is 0 Å². The average molecular weight is 216 g/mol. The first-order valence-corrected chi connectivity index (χ1v) is 6.14. The molecule has 92 valence electrons. The lowest BCUT2D eigenvalue weighted by Crippen LogP contribution is -2.34. The third-order valence-electron chi connectivity index (χ3n) is 2.96. The van der Waals surface area contributed by atoms with Crippen molar-refractivity contribution < 1.29 is 9.84 Å². The minimum absolute atomic E-state index is 0.0245. The minimum Gasteiger partial charge on any atom is -0.396 e. The van der Waals surface area contributed by atoms with E-state index in [1.54, 1.807) is 0 Å². The van der Waals surface area contributed by atoms with Crippen LogP contribution in [0.4, 0.5) is 0 Å². The van der Waals surface area contributed by atoms with Gasteiger partial charge in [0.15, 0.2) is 0 Å². The molecule has 0 aromatic rings. The summed E-state index contributed by atoms with van der Waals surface area (Å²) >= 11 is 0. The van der Waals surface area contributed by atoms with E-state index < -0.39 is 0 Å². The van der Waals surface area contributed by atoms with Gasteiger partial charge in [-0.15, -0.1) is 0 Å². The van der Waals surface area contributed by atoms with E-state index in [1.807, 2.05) is 0 Å². The molecule has 0 rings (SSSR count). The number of unbranched alkanes of at least 4 members (excludes halogenated alkanes) is 1. The molecule has 0 aromatic heterocycles. The van der Waals surface area contributed by atoms with E-state index in [0.717, 1.165) is 12.8 Å². The zero-order valence-electron chi connectivity index (χ0n) is 11.1. The second kappa shape index (κ2) is 6.49. The van der Waals surface area contributed by atoms with E-state index in [1.165, 1.54) is 12.8 Å². The molecule has 0 aromatic carbocycles. The maximum absolute atomic E-state index is 9.52. The van der Waals surface area contributed by atoms with Crippen molar-refractivity contribution in [3.05, 3.63) is 0 Å². The smallest absolute Gasteiger partial charge is 0.0598 e. The summed E-state index contributed by atoms with van der Waals surface area (Å²) in [7, 11) is 0. The van der Waals surface area contributed by atoms with Crippen LogP contribution in [0.3, 0.4) is 0 Å². The number of ether oxygens (including phenoxy) is 1. The summed E-state index contributed by atoms with van der Waals surface area (Å²) in [5.74, 6) is 0. The maximum Gasteiger partial charge on any atom is 0.0598 e. The molecule has 1 unspecified atom stereocenters. The molecule has 0 aliphatic rings. The van der Waals surface area contributed by atoms with E-state index in [4.69, 9.17) is 4.74 Å². The predicted octanol–water partition coefficient (Wildman–Crippen LogP) is 3.38. The summed E-state index contributed by atoms with van der Waals surface area (Å²) in [6, 6.07) is 0. The molecule has 0 aliphatic heterocycles. The second-order valence-corrected chi connectivity index (χ2v) is 5.52.